The first-order chi connectivity index (χ1) is 7.06. The fraction of sp³-hybridized carbons (Fsp3) is 0.700. The van der Waals surface area contributed by atoms with E-state index < -0.39 is 12.0 Å². The van der Waals surface area contributed by atoms with Crippen molar-refractivity contribution in [2.45, 2.75) is 32.2 Å². The number of carbonyl (C=O) groups excluding carboxylic acids is 1. The highest BCUT2D eigenvalue weighted by atomic mass is 16.4. The molecular formula is C10H14N2O3. The van der Waals surface area contributed by atoms with Crippen LogP contribution in [-0.2, 0) is 9.59 Å². The van der Waals surface area contributed by atoms with Gasteiger partial charge in [-0.2, -0.15) is 5.26 Å². The van der Waals surface area contributed by atoms with Gasteiger partial charge in [-0.15, -0.1) is 0 Å². The zero-order valence-electron chi connectivity index (χ0n) is 8.56. The lowest BCUT2D eigenvalue weighted by Gasteiger charge is -2.19. The number of amides is 1. The monoisotopic (exact) mass is 210 g/mol. The van der Waals surface area contributed by atoms with Crippen LogP contribution in [0.3, 0.4) is 0 Å². The van der Waals surface area contributed by atoms with Crippen LogP contribution in [0.1, 0.15) is 26.2 Å². The first kappa shape index (κ1) is 11.5. The summed E-state index contributed by atoms with van der Waals surface area (Å²) in [7, 11) is 0. The number of carbonyl (C=O) groups is 2. The predicted molar refractivity (Wildman–Crippen MR) is 51.7 cm³/mol. The van der Waals surface area contributed by atoms with Crippen molar-refractivity contribution in [3.8, 4) is 6.07 Å². The Labute approximate surface area is 88.1 Å². The quantitative estimate of drug-likeness (QED) is 0.692. The van der Waals surface area contributed by atoms with Gasteiger partial charge in [-0.25, -0.2) is 4.79 Å². The molecule has 1 rings (SSSR count). The van der Waals surface area contributed by atoms with Gasteiger partial charge in [-0.1, -0.05) is 6.92 Å². The Bertz CT molecular complexity index is 304. The van der Waals surface area contributed by atoms with Crippen molar-refractivity contribution < 1.29 is 14.7 Å². The lowest BCUT2D eigenvalue weighted by atomic mass is 9.99. The first-order valence-electron chi connectivity index (χ1n) is 4.96. The largest absolute Gasteiger partial charge is 0.480 e. The molecule has 2 atom stereocenters. The van der Waals surface area contributed by atoms with Gasteiger partial charge in [-0.05, 0) is 12.8 Å². The summed E-state index contributed by atoms with van der Waals surface area (Å²) in [5, 5.41) is 19.8. The van der Waals surface area contributed by atoms with E-state index in [1.807, 2.05) is 6.07 Å². The number of carboxylic acids is 1. The highest BCUT2D eigenvalue weighted by Gasteiger charge is 2.34. The molecule has 0 unspecified atom stereocenters. The maximum Gasteiger partial charge on any atom is 0.326 e. The second-order valence-electron chi connectivity index (χ2n) is 3.94. The second kappa shape index (κ2) is 4.78. The zero-order chi connectivity index (χ0) is 11.4. The van der Waals surface area contributed by atoms with Gasteiger partial charge in [0.2, 0.25) is 5.91 Å². The third-order valence-corrected chi connectivity index (χ3v) is 2.49. The van der Waals surface area contributed by atoms with Gasteiger partial charge in [-0.3, -0.25) is 4.79 Å². The summed E-state index contributed by atoms with van der Waals surface area (Å²) in [5.74, 6) is -1.66. The Kier molecular flexibility index (Phi) is 3.67. The Morgan fingerprint density at radius 3 is 2.60 bits per heavy atom. The highest BCUT2D eigenvalue weighted by molar-refractivity contribution is 5.86. The molecule has 0 aromatic carbocycles. The Morgan fingerprint density at radius 1 is 1.60 bits per heavy atom. The molecule has 1 aliphatic rings. The molecule has 5 heteroatoms. The van der Waals surface area contributed by atoms with Crippen LogP contribution in [0.25, 0.3) is 0 Å². The van der Waals surface area contributed by atoms with E-state index in [1.165, 1.54) is 0 Å². The van der Waals surface area contributed by atoms with Crippen molar-refractivity contribution in [2.24, 2.45) is 11.8 Å². The van der Waals surface area contributed by atoms with E-state index in [1.54, 1.807) is 6.92 Å². The molecule has 0 bridgehead atoms. The van der Waals surface area contributed by atoms with Crippen LogP contribution in [0.2, 0.25) is 0 Å². The molecule has 0 aromatic rings. The molecule has 15 heavy (non-hydrogen) atoms. The number of nitrogens with one attached hydrogen (secondary N) is 1. The number of hydrogen-bond donors (Lipinski definition) is 2. The average molecular weight is 210 g/mol. The summed E-state index contributed by atoms with van der Waals surface area (Å²) < 4.78 is 0. The predicted octanol–water partition coefficient (Wildman–Crippen LogP) is 0.516. The number of carboxylic acid groups (broad SMARTS) is 1. The summed E-state index contributed by atoms with van der Waals surface area (Å²) in [6.07, 6.45) is 1.80. The zero-order valence-corrected chi connectivity index (χ0v) is 8.56. The van der Waals surface area contributed by atoms with Gasteiger partial charge < -0.3 is 10.4 Å². The maximum atomic E-state index is 11.4. The fourth-order valence-electron chi connectivity index (χ4n) is 1.33. The van der Waals surface area contributed by atoms with Gasteiger partial charge in [0.15, 0.2) is 0 Å². The van der Waals surface area contributed by atoms with Crippen molar-refractivity contribution in [2.75, 3.05) is 0 Å². The molecule has 1 aliphatic carbocycles. The van der Waals surface area contributed by atoms with Crippen LogP contribution >= 0.6 is 0 Å². The lowest BCUT2D eigenvalue weighted by Crippen LogP contribution is -2.45. The highest BCUT2D eigenvalue weighted by Crippen LogP contribution is 2.29. The van der Waals surface area contributed by atoms with E-state index in [0.29, 0.717) is 0 Å². The minimum absolute atomic E-state index is 0.0128. The van der Waals surface area contributed by atoms with Crippen LogP contribution in [0.5, 0.6) is 0 Å². The molecule has 1 fully saturated rings. The summed E-state index contributed by atoms with van der Waals surface area (Å²) in [6, 6.07) is 0.960. The topological polar surface area (TPSA) is 90.2 Å². The number of nitriles is 1. The van der Waals surface area contributed by atoms with Gasteiger partial charge in [0.1, 0.15) is 6.04 Å². The van der Waals surface area contributed by atoms with Crippen molar-refractivity contribution >= 4 is 11.9 Å². The van der Waals surface area contributed by atoms with Crippen LogP contribution in [0.4, 0.5) is 0 Å². The van der Waals surface area contributed by atoms with Crippen molar-refractivity contribution in [3.05, 3.63) is 0 Å². The number of hydrogen-bond acceptors (Lipinski definition) is 3. The number of nitrogens with zero attached hydrogens (tertiary/aromatic N) is 1. The molecule has 1 saturated carbocycles. The Balaban J connectivity index is 2.53. The van der Waals surface area contributed by atoms with E-state index in [2.05, 4.69) is 5.32 Å². The Morgan fingerprint density at radius 2 is 2.20 bits per heavy atom. The van der Waals surface area contributed by atoms with Crippen molar-refractivity contribution in [1.82, 2.24) is 5.32 Å². The molecule has 0 aliphatic heterocycles. The molecular weight excluding hydrogens is 196 g/mol. The summed E-state index contributed by atoms with van der Waals surface area (Å²) in [4.78, 5) is 22.2. The molecule has 1 amide bonds. The second-order valence-corrected chi connectivity index (χ2v) is 3.94. The third-order valence-electron chi connectivity index (χ3n) is 2.49. The maximum absolute atomic E-state index is 11.4. The van der Waals surface area contributed by atoms with E-state index in [-0.39, 0.29) is 24.2 Å². The van der Waals surface area contributed by atoms with Crippen LogP contribution in [0.15, 0.2) is 0 Å². The van der Waals surface area contributed by atoms with E-state index in [4.69, 9.17) is 10.4 Å². The fourth-order valence-corrected chi connectivity index (χ4v) is 1.33. The Hall–Kier alpha value is -1.57. The smallest absolute Gasteiger partial charge is 0.326 e. The molecule has 0 radical (unpaired) electrons. The number of aliphatic carboxylic acids is 1. The van der Waals surface area contributed by atoms with Gasteiger partial charge in [0.25, 0.3) is 0 Å². The van der Waals surface area contributed by atoms with E-state index in [0.717, 1.165) is 12.8 Å². The molecule has 0 heterocycles. The summed E-state index contributed by atoms with van der Waals surface area (Å²) >= 11 is 0. The molecule has 5 nitrogen and oxygen atoms in total. The van der Waals surface area contributed by atoms with Crippen LogP contribution in [0, 0.1) is 23.2 Å². The standard InChI is InChI=1S/C10H14N2O3/c1-6(4-5-11)8(10(14)15)12-9(13)7-2-3-7/h6-8H,2-4H2,1H3,(H,12,13)(H,14,15)/t6-,8-/m0/s1. The normalized spacial score (nSPS) is 18.7. The van der Waals surface area contributed by atoms with Crippen LogP contribution in [-0.4, -0.2) is 23.0 Å². The third kappa shape index (κ3) is 3.24. The van der Waals surface area contributed by atoms with Gasteiger partial charge >= 0.3 is 5.97 Å². The van der Waals surface area contributed by atoms with Crippen LogP contribution < -0.4 is 5.32 Å². The SMILES string of the molecule is C[C@@H](CC#N)[C@H](NC(=O)C1CC1)C(=O)O. The van der Waals surface area contributed by atoms with Gasteiger partial charge in [0, 0.05) is 18.3 Å². The van der Waals surface area contributed by atoms with E-state index in [9.17, 15) is 9.59 Å². The number of rotatable bonds is 5. The minimum Gasteiger partial charge on any atom is -0.480 e. The molecule has 0 aromatic heterocycles. The van der Waals surface area contributed by atoms with Crippen molar-refractivity contribution in [1.29, 1.82) is 5.26 Å². The molecule has 82 valence electrons. The van der Waals surface area contributed by atoms with Gasteiger partial charge in [0.05, 0.1) is 6.07 Å². The summed E-state index contributed by atoms with van der Waals surface area (Å²) in [6.45, 7) is 1.65. The molecule has 2 N–H and O–H groups in total. The minimum atomic E-state index is -1.08. The lowest BCUT2D eigenvalue weighted by molar-refractivity contribution is -0.143. The molecule has 0 spiro atoms. The van der Waals surface area contributed by atoms with Crippen molar-refractivity contribution in [3.63, 3.8) is 0 Å². The average Bonchev–Trinajstić information content (AvgIpc) is 2.96. The van der Waals surface area contributed by atoms with E-state index >= 15 is 0 Å². The molecule has 0 saturated heterocycles. The first-order valence-corrected chi connectivity index (χ1v) is 4.96. The summed E-state index contributed by atoms with van der Waals surface area (Å²) in [5.41, 5.74) is 0.